The summed E-state index contributed by atoms with van der Waals surface area (Å²) in [5.41, 5.74) is 0.499. The van der Waals surface area contributed by atoms with E-state index < -0.39 is 16.2 Å². The fraction of sp³-hybridized carbons (Fsp3) is 0.300. The van der Waals surface area contributed by atoms with Crippen LogP contribution < -0.4 is 4.90 Å². The van der Waals surface area contributed by atoms with Crippen molar-refractivity contribution in [2.24, 2.45) is 0 Å². The lowest BCUT2D eigenvalue weighted by Crippen LogP contribution is -2.25. The molecule has 1 aromatic carbocycles. The number of aliphatic hydroxyl groups excluding tert-OH is 1. The summed E-state index contributed by atoms with van der Waals surface area (Å²) in [6.07, 6.45) is -0.621. The second-order valence-corrected chi connectivity index (χ2v) is 5.25. The van der Waals surface area contributed by atoms with Crippen molar-refractivity contribution in [3.8, 4) is 0 Å². The number of rotatable bonds is 2. The second kappa shape index (κ2) is 4.10. The first kappa shape index (κ1) is 12.0. The van der Waals surface area contributed by atoms with E-state index in [1.54, 1.807) is 0 Å². The first-order valence-electron chi connectivity index (χ1n) is 4.94. The van der Waals surface area contributed by atoms with Gasteiger partial charge in [0.25, 0.3) is 10.1 Å². The molecule has 1 unspecified atom stereocenters. The SMILES string of the molecule is O=C1CC(O)CN1c1ccc(S(=O)(=O)O)cc1. The van der Waals surface area contributed by atoms with Crippen molar-refractivity contribution in [1.29, 1.82) is 0 Å². The van der Waals surface area contributed by atoms with E-state index >= 15 is 0 Å². The Labute approximate surface area is 98.2 Å². The third-order valence-corrected chi connectivity index (χ3v) is 3.42. The molecule has 1 atom stereocenters. The summed E-state index contributed by atoms with van der Waals surface area (Å²) in [5, 5.41) is 9.32. The van der Waals surface area contributed by atoms with Gasteiger partial charge >= 0.3 is 0 Å². The lowest BCUT2D eigenvalue weighted by molar-refractivity contribution is -0.117. The number of carbonyl (C=O) groups is 1. The van der Waals surface area contributed by atoms with Crippen molar-refractivity contribution in [2.75, 3.05) is 11.4 Å². The van der Waals surface area contributed by atoms with E-state index in [2.05, 4.69) is 0 Å². The highest BCUT2D eigenvalue weighted by Crippen LogP contribution is 2.23. The highest BCUT2D eigenvalue weighted by Gasteiger charge is 2.29. The number of hydrogen-bond acceptors (Lipinski definition) is 4. The molecule has 1 aliphatic heterocycles. The molecule has 0 radical (unpaired) electrons. The molecule has 2 rings (SSSR count). The van der Waals surface area contributed by atoms with Gasteiger partial charge in [-0.3, -0.25) is 9.35 Å². The van der Waals surface area contributed by atoms with Crippen LogP contribution in [0.1, 0.15) is 6.42 Å². The number of β-amino-alcohol motifs (C(OH)–C–C–N with tert-alkyl or cyclic N) is 1. The molecule has 0 bridgehead atoms. The Hall–Kier alpha value is -1.44. The van der Waals surface area contributed by atoms with Crippen LogP contribution in [0.2, 0.25) is 0 Å². The van der Waals surface area contributed by atoms with E-state index in [0.29, 0.717) is 5.69 Å². The summed E-state index contributed by atoms with van der Waals surface area (Å²) >= 11 is 0. The van der Waals surface area contributed by atoms with Crippen LogP contribution in [0.25, 0.3) is 0 Å². The lowest BCUT2D eigenvalue weighted by Gasteiger charge is -2.15. The second-order valence-electron chi connectivity index (χ2n) is 3.83. The monoisotopic (exact) mass is 257 g/mol. The van der Waals surface area contributed by atoms with Crippen molar-refractivity contribution in [3.05, 3.63) is 24.3 Å². The predicted molar refractivity (Wildman–Crippen MR) is 59.2 cm³/mol. The molecule has 1 aromatic rings. The third-order valence-electron chi connectivity index (χ3n) is 2.55. The molecule has 6 nitrogen and oxygen atoms in total. The number of aliphatic hydroxyl groups is 1. The maximum atomic E-state index is 11.5. The highest BCUT2D eigenvalue weighted by atomic mass is 32.2. The summed E-state index contributed by atoms with van der Waals surface area (Å²) in [7, 11) is -4.22. The van der Waals surface area contributed by atoms with Gasteiger partial charge in [-0.2, -0.15) is 8.42 Å². The van der Waals surface area contributed by atoms with Crippen LogP contribution in [-0.4, -0.2) is 36.6 Å². The van der Waals surface area contributed by atoms with E-state index in [1.165, 1.54) is 29.2 Å². The summed E-state index contributed by atoms with van der Waals surface area (Å²) in [4.78, 5) is 12.6. The Morgan fingerprint density at radius 2 is 1.82 bits per heavy atom. The molecule has 1 fully saturated rings. The molecule has 17 heavy (non-hydrogen) atoms. The number of hydrogen-bond donors (Lipinski definition) is 2. The van der Waals surface area contributed by atoms with Crippen LogP contribution in [0, 0.1) is 0 Å². The van der Waals surface area contributed by atoms with Crippen LogP contribution in [-0.2, 0) is 14.9 Å². The van der Waals surface area contributed by atoms with Crippen LogP contribution in [0.4, 0.5) is 5.69 Å². The lowest BCUT2D eigenvalue weighted by atomic mass is 10.3. The van der Waals surface area contributed by atoms with E-state index in [9.17, 15) is 18.3 Å². The van der Waals surface area contributed by atoms with E-state index in [1.807, 2.05) is 0 Å². The average molecular weight is 257 g/mol. The van der Waals surface area contributed by atoms with Crippen molar-refractivity contribution in [1.82, 2.24) is 0 Å². The molecule has 0 spiro atoms. The zero-order chi connectivity index (χ0) is 12.6. The number of nitrogens with zero attached hydrogens (tertiary/aromatic N) is 1. The van der Waals surface area contributed by atoms with Crippen molar-refractivity contribution < 1.29 is 22.9 Å². The molecule has 7 heteroatoms. The van der Waals surface area contributed by atoms with E-state index in [-0.39, 0.29) is 23.8 Å². The summed E-state index contributed by atoms with van der Waals surface area (Å²) in [6.45, 7) is 0.198. The third kappa shape index (κ3) is 2.46. The minimum Gasteiger partial charge on any atom is -0.391 e. The Morgan fingerprint density at radius 3 is 2.24 bits per heavy atom. The van der Waals surface area contributed by atoms with Gasteiger partial charge in [0.15, 0.2) is 0 Å². The molecular formula is C10H11NO5S. The fourth-order valence-electron chi connectivity index (χ4n) is 1.74. The number of benzene rings is 1. The zero-order valence-electron chi connectivity index (χ0n) is 8.78. The van der Waals surface area contributed by atoms with Gasteiger partial charge in [0, 0.05) is 5.69 Å². The Morgan fingerprint density at radius 1 is 1.24 bits per heavy atom. The molecule has 0 aromatic heterocycles. The highest BCUT2D eigenvalue weighted by molar-refractivity contribution is 7.85. The van der Waals surface area contributed by atoms with Gasteiger partial charge in [-0.25, -0.2) is 0 Å². The normalized spacial score (nSPS) is 20.9. The van der Waals surface area contributed by atoms with Crippen LogP contribution in [0.5, 0.6) is 0 Å². The zero-order valence-corrected chi connectivity index (χ0v) is 9.59. The minimum absolute atomic E-state index is 0.0695. The molecule has 1 aliphatic rings. The van der Waals surface area contributed by atoms with E-state index in [4.69, 9.17) is 4.55 Å². The summed E-state index contributed by atoms with van der Waals surface area (Å²) in [5.74, 6) is -0.211. The van der Waals surface area contributed by atoms with Crippen molar-refractivity contribution in [3.63, 3.8) is 0 Å². The molecule has 0 aliphatic carbocycles. The first-order chi connectivity index (χ1) is 7.88. The number of anilines is 1. The molecule has 0 saturated carbocycles. The fourth-order valence-corrected chi connectivity index (χ4v) is 2.22. The largest absolute Gasteiger partial charge is 0.391 e. The standard InChI is InChI=1S/C10H11NO5S/c12-8-5-10(13)11(6-8)7-1-3-9(4-2-7)17(14,15)16/h1-4,8,12H,5-6H2,(H,14,15,16). The molecule has 1 amide bonds. The van der Waals surface area contributed by atoms with Gasteiger partial charge in [0.2, 0.25) is 5.91 Å². The van der Waals surface area contributed by atoms with Crippen molar-refractivity contribution in [2.45, 2.75) is 17.4 Å². The molecule has 1 heterocycles. The smallest absolute Gasteiger partial charge is 0.294 e. The van der Waals surface area contributed by atoms with Crippen LogP contribution in [0.3, 0.4) is 0 Å². The van der Waals surface area contributed by atoms with Crippen LogP contribution in [0.15, 0.2) is 29.2 Å². The van der Waals surface area contributed by atoms with Gasteiger partial charge in [-0.05, 0) is 24.3 Å². The van der Waals surface area contributed by atoms with E-state index in [0.717, 1.165) is 0 Å². The topological polar surface area (TPSA) is 94.9 Å². The quantitative estimate of drug-likeness (QED) is 0.729. The van der Waals surface area contributed by atoms with Crippen molar-refractivity contribution >= 4 is 21.7 Å². The maximum Gasteiger partial charge on any atom is 0.294 e. The van der Waals surface area contributed by atoms with Crippen LogP contribution >= 0.6 is 0 Å². The molecule has 1 saturated heterocycles. The average Bonchev–Trinajstić information content (AvgIpc) is 2.57. The predicted octanol–water partition coefficient (Wildman–Crippen LogP) is 0.0309. The Bertz CT molecular complexity index is 536. The number of carbonyl (C=O) groups excluding carboxylic acids is 1. The van der Waals surface area contributed by atoms with Gasteiger partial charge in [-0.1, -0.05) is 0 Å². The molecule has 2 N–H and O–H groups in total. The minimum atomic E-state index is -4.22. The summed E-state index contributed by atoms with van der Waals surface area (Å²) < 4.78 is 30.4. The van der Waals surface area contributed by atoms with Gasteiger partial charge in [0.1, 0.15) is 0 Å². The molecular weight excluding hydrogens is 246 g/mol. The Kier molecular flexibility index (Phi) is 2.90. The maximum absolute atomic E-state index is 11.5. The Balaban J connectivity index is 2.28. The van der Waals surface area contributed by atoms with Gasteiger partial charge in [0.05, 0.1) is 24.0 Å². The summed E-state index contributed by atoms with van der Waals surface area (Å²) in [6, 6.07) is 5.25. The van der Waals surface area contributed by atoms with Gasteiger partial charge < -0.3 is 10.0 Å². The first-order valence-corrected chi connectivity index (χ1v) is 6.38. The molecule has 92 valence electrons. The van der Waals surface area contributed by atoms with Gasteiger partial charge in [-0.15, -0.1) is 0 Å². The number of amides is 1.